The second-order valence-electron chi connectivity index (χ2n) is 7.43. The highest BCUT2D eigenvalue weighted by molar-refractivity contribution is 7.92. The van der Waals surface area contributed by atoms with Crippen molar-refractivity contribution in [1.82, 2.24) is 5.32 Å². The molecule has 0 unspecified atom stereocenters. The van der Waals surface area contributed by atoms with Crippen molar-refractivity contribution >= 4 is 27.3 Å². The molecule has 1 N–H and O–H groups in total. The molecule has 9 heteroatoms. The number of carbonyl (C=O) groups is 1. The Morgan fingerprint density at radius 1 is 1.29 bits per heavy atom. The molecule has 0 aromatic heterocycles. The van der Waals surface area contributed by atoms with Crippen LogP contribution in [-0.2, 0) is 14.8 Å². The number of nitro benzene ring substituents is 1. The number of hydrogen-bond acceptors (Lipinski definition) is 5. The zero-order valence-electron chi connectivity index (χ0n) is 16.5. The molecule has 0 bridgehead atoms. The summed E-state index contributed by atoms with van der Waals surface area (Å²) in [5.74, 6) is 0.451. The molecule has 1 saturated carbocycles. The van der Waals surface area contributed by atoms with Crippen molar-refractivity contribution in [1.29, 1.82) is 0 Å². The van der Waals surface area contributed by atoms with Crippen molar-refractivity contribution < 1.29 is 18.1 Å². The van der Waals surface area contributed by atoms with Gasteiger partial charge in [-0.2, -0.15) is 0 Å². The van der Waals surface area contributed by atoms with Crippen LogP contribution in [0.1, 0.15) is 50.5 Å². The highest BCUT2D eigenvalue weighted by atomic mass is 32.2. The smallest absolute Gasteiger partial charge is 0.274 e. The summed E-state index contributed by atoms with van der Waals surface area (Å²) in [6.07, 6.45) is 7.61. The lowest BCUT2D eigenvalue weighted by molar-refractivity contribution is -0.385. The van der Waals surface area contributed by atoms with Crippen molar-refractivity contribution in [3.63, 3.8) is 0 Å². The zero-order chi connectivity index (χ0) is 20.7. The molecular formula is C19H29N3O5S. The number of carbonyl (C=O) groups excluding carboxylic acids is 1. The van der Waals surface area contributed by atoms with Crippen LogP contribution < -0.4 is 9.62 Å². The summed E-state index contributed by atoms with van der Waals surface area (Å²) in [5.41, 5.74) is 0.440. The minimum atomic E-state index is -3.63. The Balaban J connectivity index is 1.95. The van der Waals surface area contributed by atoms with Gasteiger partial charge in [-0.05, 0) is 38.2 Å². The molecule has 0 atom stereocenters. The topological polar surface area (TPSA) is 110 Å². The fraction of sp³-hybridized carbons (Fsp3) is 0.632. The predicted molar refractivity (Wildman–Crippen MR) is 109 cm³/mol. The highest BCUT2D eigenvalue weighted by Gasteiger charge is 2.23. The third kappa shape index (κ3) is 6.19. The molecule has 1 amide bonds. The summed E-state index contributed by atoms with van der Waals surface area (Å²) >= 11 is 0. The molecule has 0 spiro atoms. The molecule has 2 rings (SSSR count). The van der Waals surface area contributed by atoms with Gasteiger partial charge in [-0.1, -0.05) is 25.3 Å². The first kappa shape index (κ1) is 22.1. The van der Waals surface area contributed by atoms with Gasteiger partial charge in [-0.3, -0.25) is 19.2 Å². The van der Waals surface area contributed by atoms with Crippen LogP contribution in [0.4, 0.5) is 11.4 Å². The fourth-order valence-electron chi connectivity index (χ4n) is 3.67. The summed E-state index contributed by atoms with van der Waals surface area (Å²) in [6, 6.07) is 4.36. The minimum Gasteiger partial charge on any atom is -0.356 e. The average Bonchev–Trinajstić information content (AvgIpc) is 2.64. The standard InChI is InChI=1S/C19H29N3O5S/c1-15-17(10-6-11-18(15)22(24)25)21(28(2,26)27)13-7-12-19(23)20-14-16-8-4-3-5-9-16/h6,10-11,16H,3-5,7-9,12-14H2,1-2H3,(H,20,23). The van der Waals surface area contributed by atoms with Crippen molar-refractivity contribution in [3.8, 4) is 0 Å². The molecule has 1 aliphatic rings. The summed E-state index contributed by atoms with van der Waals surface area (Å²) in [7, 11) is -3.63. The van der Waals surface area contributed by atoms with Gasteiger partial charge in [-0.25, -0.2) is 8.42 Å². The number of benzene rings is 1. The van der Waals surface area contributed by atoms with Gasteiger partial charge in [0.2, 0.25) is 15.9 Å². The van der Waals surface area contributed by atoms with Crippen LogP contribution in [0.25, 0.3) is 0 Å². The number of anilines is 1. The number of rotatable bonds is 9. The van der Waals surface area contributed by atoms with E-state index in [0.717, 1.165) is 23.4 Å². The third-order valence-corrected chi connectivity index (χ3v) is 6.40. The van der Waals surface area contributed by atoms with Gasteiger partial charge < -0.3 is 5.32 Å². The lowest BCUT2D eigenvalue weighted by atomic mass is 9.89. The van der Waals surface area contributed by atoms with Crippen LogP contribution in [0.15, 0.2) is 18.2 Å². The first-order valence-electron chi connectivity index (χ1n) is 9.68. The van der Waals surface area contributed by atoms with E-state index in [1.165, 1.54) is 38.3 Å². The maximum absolute atomic E-state index is 12.2. The Labute approximate surface area is 166 Å². The molecule has 0 aliphatic heterocycles. The van der Waals surface area contributed by atoms with Crippen LogP contribution >= 0.6 is 0 Å². The first-order chi connectivity index (χ1) is 13.2. The van der Waals surface area contributed by atoms with Crippen LogP contribution in [-0.4, -0.2) is 38.6 Å². The lowest BCUT2D eigenvalue weighted by Gasteiger charge is -2.24. The van der Waals surface area contributed by atoms with Crippen LogP contribution in [0, 0.1) is 23.0 Å². The number of nitrogens with zero attached hydrogens (tertiary/aromatic N) is 2. The third-order valence-electron chi connectivity index (χ3n) is 5.22. The van der Waals surface area contributed by atoms with E-state index in [2.05, 4.69) is 5.32 Å². The Morgan fingerprint density at radius 2 is 1.96 bits per heavy atom. The molecule has 0 radical (unpaired) electrons. The zero-order valence-corrected chi connectivity index (χ0v) is 17.3. The number of nitro groups is 1. The summed E-state index contributed by atoms with van der Waals surface area (Å²) in [5, 5.41) is 14.1. The van der Waals surface area contributed by atoms with Gasteiger partial charge in [-0.15, -0.1) is 0 Å². The van der Waals surface area contributed by atoms with E-state index in [0.29, 0.717) is 24.4 Å². The molecule has 156 valence electrons. The van der Waals surface area contributed by atoms with E-state index in [1.54, 1.807) is 6.07 Å². The van der Waals surface area contributed by atoms with E-state index >= 15 is 0 Å². The highest BCUT2D eigenvalue weighted by Crippen LogP contribution is 2.30. The summed E-state index contributed by atoms with van der Waals surface area (Å²) in [4.78, 5) is 22.7. The predicted octanol–water partition coefficient (Wildman–Crippen LogP) is 3.15. The molecule has 1 aromatic rings. The number of amides is 1. The van der Waals surface area contributed by atoms with Crippen molar-refractivity contribution in [2.45, 2.75) is 51.9 Å². The maximum Gasteiger partial charge on any atom is 0.274 e. The molecule has 1 fully saturated rings. The quantitative estimate of drug-likeness (QED) is 0.496. The molecule has 1 aromatic carbocycles. The molecule has 8 nitrogen and oxygen atoms in total. The number of hydrogen-bond donors (Lipinski definition) is 1. The Bertz CT molecular complexity index is 804. The van der Waals surface area contributed by atoms with E-state index in [-0.39, 0.29) is 30.2 Å². The Morgan fingerprint density at radius 3 is 2.57 bits per heavy atom. The molecule has 1 aliphatic carbocycles. The SMILES string of the molecule is Cc1c(N(CCCC(=O)NCC2CCCCC2)S(C)(=O)=O)cccc1[N+](=O)[O-]. The largest absolute Gasteiger partial charge is 0.356 e. The summed E-state index contributed by atoms with van der Waals surface area (Å²) in [6.45, 7) is 2.30. The molecular weight excluding hydrogens is 382 g/mol. The lowest BCUT2D eigenvalue weighted by Crippen LogP contribution is -2.33. The second kappa shape index (κ2) is 9.86. The number of sulfonamides is 1. The van der Waals surface area contributed by atoms with Gasteiger partial charge in [0.05, 0.1) is 22.4 Å². The van der Waals surface area contributed by atoms with Crippen LogP contribution in [0.2, 0.25) is 0 Å². The van der Waals surface area contributed by atoms with E-state index in [4.69, 9.17) is 0 Å². The number of nitrogens with one attached hydrogen (secondary N) is 1. The van der Waals surface area contributed by atoms with Gasteiger partial charge >= 0.3 is 0 Å². The minimum absolute atomic E-state index is 0.0882. The van der Waals surface area contributed by atoms with Crippen molar-refractivity contribution in [2.24, 2.45) is 5.92 Å². The first-order valence-corrected chi connectivity index (χ1v) is 11.5. The van der Waals surface area contributed by atoms with Crippen LogP contribution in [0.5, 0.6) is 0 Å². The van der Waals surface area contributed by atoms with E-state index in [1.807, 2.05) is 0 Å². The molecule has 28 heavy (non-hydrogen) atoms. The second-order valence-corrected chi connectivity index (χ2v) is 9.33. The van der Waals surface area contributed by atoms with Gasteiger partial charge in [0.25, 0.3) is 5.69 Å². The Hall–Kier alpha value is -2.16. The molecule has 0 saturated heterocycles. The van der Waals surface area contributed by atoms with E-state index < -0.39 is 14.9 Å². The fourth-order valence-corrected chi connectivity index (χ4v) is 4.68. The average molecular weight is 412 g/mol. The Kier molecular flexibility index (Phi) is 7.79. The van der Waals surface area contributed by atoms with Gasteiger partial charge in [0.15, 0.2) is 0 Å². The maximum atomic E-state index is 12.2. The van der Waals surface area contributed by atoms with Gasteiger partial charge in [0.1, 0.15) is 0 Å². The van der Waals surface area contributed by atoms with Crippen LogP contribution in [0.3, 0.4) is 0 Å². The van der Waals surface area contributed by atoms with Gasteiger partial charge in [0, 0.05) is 25.6 Å². The van der Waals surface area contributed by atoms with E-state index in [9.17, 15) is 23.3 Å². The van der Waals surface area contributed by atoms with Crippen molar-refractivity contribution in [2.75, 3.05) is 23.7 Å². The summed E-state index contributed by atoms with van der Waals surface area (Å²) < 4.78 is 25.6. The van der Waals surface area contributed by atoms with Crippen molar-refractivity contribution in [3.05, 3.63) is 33.9 Å². The normalized spacial score (nSPS) is 15.2. The molecule has 0 heterocycles. The monoisotopic (exact) mass is 411 g/mol.